The second-order valence-electron chi connectivity index (χ2n) is 6.17. The fraction of sp³-hybridized carbons (Fsp3) is 0.300. The minimum atomic E-state index is 0.211. The monoisotopic (exact) mass is 335 g/mol. The molecule has 1 saturated heterocycles. The third kappa shape index (κ3) is 2.76. The van der Waals surface area contributed by atoms with E-state index in [0.29, 0.717) is 0 Å². The van der Waals surface area contributed by atoms with Crippen molar-refractivity contribution in [1.29, 1.82) is 0 Å². The van der Waals surface area contributed by atoms with Crippen molar-refractivity contribution in [2.75, 3.05) is 25.7 Å². The van der Waals surface area contributed by atoms with Crippen molar-refractivity contribution >= 4 is 16.7 Å². The summed E-state index contributed by atoms with van der Waals surface area (Å²) in [5, 5.41) is 1.08. The topological polar surface area (TPSA) is 47.5 Å². The summed E-state index contributed by atoms with van der Waals surface area (Å²) in [5.41, 5.74) is 2.11. The number of anilines is 1. The van der Waals surface area contributed by atoms with E-state index >= 15 is 0 Å². The van der Waals surface area contributed by atoms with Crippen molar-refractivity contribution in [2.45, 2.75) is 18.9 Å². The third-order valence-electron chi connectivity index (χ3n) is 4.84. The summed E-state index contributed by atoms with van der Waals surface area (Å²) < 4.78 is 11.0. The number of rotatable bonds is 4. The minimum Gasteiger partial charge on any atom is -0.497 e. The molecule has 2 aromatic carbocycles. The van der Waals surface area contributed by atoms with E-state index in [9.17, 15) is 0 Å². The average molecular weight is 335 g/mol. The molecule has 5 heteroatoms. The third-order valence-corrected chi connectivity index (χ3v) is 4.84. The summed E-state index contributed by atoms with van der Waals surface area (Å²) in [5.74, 6) is 2.71. The Morgan fingerprint density at radius 1 is 1.04 bits per heavy atom. The van der Waals surface area contributed by atoms with Crippen molar-refractivity contribution < 1.29 is 9.47 Å². The number of fused-ring (bicyclic) bond motifs is 1. The minimum absolute atomic E-state index is 0.211. The molecule has 0 amide bonds. The standard InChI is InChI=1S/C20H21N3O2/c1-24-14-9-10-19(25-2)16(12-14)18-8-5-11-23(18)20-15-6-3-4-7-17(15)21-13-22-20/h3-4,6-7,9-10,12-13,18H,5,8,11H2,1-2H3/t18-/m0/s1. The number of methoxy groups -OCH3 is 2. The van der Waals surface area contributed by atoms with Crippen LogP contribution in [0.3, 0.4) is 0 Å². The van der Waals surface area contributed by atoms with E-state index in [-0.39, 0.29) is 6.04 Å². The van der Waals surface area contributed by atoms with Crippen LogP contribution in [0.5, 0.6) is 11.5 Å². The summed E-state index contributed by atoms with van der Waals surface area (Å²) in [4.78, 5) is 11.4. The molecule has 3 aromatic rings. The highest BCUT2D eigenvalue weighted by Gasteiger charge is 2.30. The van der Waals surface area contributed by atoms with Gasteiger partial charge in [0.15, 0.2) is 0 Å². The first-order chi connectivity index (χ1) is 12.3. The number of nitrogens with zero attached hydrogens (tertiary/aromatic N) is 3. The lowest BCUT2D eigenvalue weighted by atomic mass is 10.0. The Morgan fingerprint density at radius 3 is 2.76 bits per heavy atom. The van der Waals surface area contributed by atoms with Crippen LogP contribution in [0.15, 0.2) is 48.8 Å². The van der Waals surface area contributed by atoms with Gasteiger partial charge in [-0.25, -0.2) is 9.97 Å². The van der Waals surface area contributed by atoms with Crippen LogP contribution in [0.25, 0.3) is 10.9 Å². The van der Waals surface area contributed by atoms with Gasteiger partial charge < -0.3 is 14.4 Å². The lowest BCUT2D eigenvalue weighted by Crippen LogP contribution is -2.24. The van der Waals surface area contributed by atoms with Gasteiger partial charge in [-0.15, -0.1) is 0 Å². The van der Waals surface area contributed by atoms with Crippen LogP contribution in [0.2, 0.25) is 0 Å². The van der Waals surface area contributed by atoms with Gasteiger partial charge >= 0.3 is 0 Å². The first-order valence-corrected chi connectivity index (χ1v) is 8.50. The Bertz CT molecular complexity index is 892. The van der Waals surface area contributed by atoms with Gasteiger partial charge in [0.25, 0.3) is 0 Å². The molecule has 0 radical (unpaired) electrons. The molecule has 0 N–H and O–H groups in total. The van der Waals surface area contributed by atoms with Crippen LogP contribution in [0.4, 0.5) is 5.82 Å². The van der Waals surface area contributed by atoms with Crippen LogP contribution < -0.4 is 14.4 Å². The number of benzene rings is 2. The summed E-state index contributed by atoms with van der Waals surface area (Å²) in [6.45, 7) is 0.964. The lowest BCUT2D eigenvalue weighted by Gasteiger charge is -2.28. The van der Waals surface area contributed by atoms with Gasteiger partial charge in [-0.1, -0.05) is 12.1 Å². The molecule has 1 atom stereocenters. The maximum atomic E-state index is 5.61. The summed E-state index contributed by atoms with van der Waals surface area (Å²) in [7, 11) is 3.40. The first kappa shape index (κ1) is 15.7. The van der Waals surface area contributed by atoms with Crippen LogP contribution in [0.1, 0.15) is 24.4 Å². The van der Waals surface area contributed by atoms with E-state index in [1.54, 1.807) is 20.5 Å². The van der Waals surface area contributed by atoms with E-state index in [4.69, 9.17) is 9.47 Å². The normalized spacial score (nSPS) is 17.0. The Kier molecular flexibility index (Phi) is 4.14. The highest BCUT2D eigenvalue weighted by molar-refractivity contribution is 5.89. The van der Waals surface area contributed by atoms with Gasteiger partial charge in [-0.2, -0.15) is 0 Å². The molecule has 5 nitrogen and oxygen atoms in total. The molecular formula is C20H21N3O2. The molecule has 128 valence electrons. The number of para-hydroxylation sites is 1. The molecule has 0 spiro atoms. The molecule has 0 aliphatic carbocycles. The number of hydrogen-bond donors (Lipinski definition) is 0. The van der Waals surface area contributed by atoms with Crippen LogP contribution in [-0.2, 0) is 0 Å². The molecule has 1 aromatic heterocycles. The summed E-state index contributed by atoms with van der Waals surface area (Å²) >= 11 is 0. The zero-order valence-electron chi connectivity index (χ0n) is 14.5. The maximum Gasteiger partial charge on any atom is 0.140 e. The highest BCUT2D eigenvalue weighted by Crippen LogP contribution is 2.42. The van der Waals surface area contributed by atoms with E-state index in [2.05, 4.69) is 27.0 Å². The van der Waals surface area contributed by atoms with Crippen molar-refractivity contribution in [3.05, 3.63) is 54.4 Å². The Labute approximate surface area is 147 Å². The van der Waals surface area contributed by atoms with Gasteiger partial charge in [0.05, 0.1) is 25.8 Å². The smallest absolute Gasteiger partial charge is 0.140 e. The predicted octanol–water partition coefficient (Wildman–Crippen LogP) is 3.99. The van der Waals surface area contributed by atoms with Crippen molar-refractivity contribution in [3.8, 4) is 11.5 Å². The van der Waals surface area contributed by atoms with E-state index < -0.39 is 0 Å². The largest absolute Gasteiger partial charge is 0.497 e. The van der Waals surface area contributed by atoms with Crippen LogP contribution >= 0.6 is 0 Å². The number of aromatic nitrogens is 2. The SMILES string of the molecule is COc1ccc(OC)c([C@@H]2CCCN2c2ncnc3ccccc23)c1. The summed E-state index contributed by atoms with van der Waals surface area (Å²) in [6, 6.07) is 14.3. The van der Waals surface area contributed by atoms with Crippen molar-refractivity contribution in [2.24, 2.45) is 0 Å². The quantitative estimate of drug-likeness (QED) is 0.721. The zero-order chi connectivity index (χ0) is 17.2. The number of hydrogen-bond acceptors (Lipinski definition) is 5. The molecule has 1 fully saturated rings. The van der Waals surface area contributed by atoms with Crippen molar-refractivity contribution in [1.82, 2.24) is 9.97 Å². The average Bonchev–Trinajstić information content (AvgIpc) is 3.16. The Morgan fingerprint density at radius 2 is 1.92 bits per heavy atom. The predicted molar refractivity (Wildman–Crippen MR) is 98.4 cm³/mol. The van der Waals surface area contributed by atoms with Gasteiger partial charge in [-0.3, -0.25) is 0 Å². The molecule has 1 aliphatic heterocycles. The van der Waals surface area contributed by atoms with Gasteiger partial charge in [0.1, 0.15) is 23.6 Å². The van der Waals surface area contributed by atoms with E-state index in [1.807, 2.05) is 30.3 Å². The fourth-order valence-electron chi connectivity index (χ4n) is 3.66. The lowest BCUT2D eigenvalue weighted by molar-refractivity contribution is 0.395. The van der Waals surface area contributed by atoms with Crippen molar-refractivity contribution in [3.63, 3.8) is 0 Å². The van der Waals surface area contributed by atoms with Crippen LogP contribution in [0, 0.1) is 0 Å². The highest BCUT2D eigenvalue weighted by atomic mass is 16.5. The van der Waals surface area contributed by atoms with Gasteiger partial charge in [0.2, 0.25) is 0 Å². The number of ether oxygens (including phenoxy) is 2. The fourth-order valence-corrected chi connectivity index (χ4v) is 3.66. The summed E-state index contributed by atoms with van der Waals surface area (Å²) in [6.07, 6.45) is 3.82. The van der Waals surface area contributed by atoms with Crippen LogP contribution in [-0.4, -0.2) is 30.7 Å². The molecule has 1 aliphatic rings. The molecule has 2 heterocycles. The van der Waals surface area contributed by atoms with Gasteiger partial charge in [0, 0.05) is 17.5 Å². The zero-order valence-corrected chi connectivity index (χ0v) is 14.5. The molecule has 0 bridgehead atoms. The molecule has 25 heavy (non-hydrogen) atoms. The van der Waals surface area contributed by atoms with E-state index in [0.717, 1.165) is 53.2 Å². The second-order valence-corrected chi connectivity index (χ2v) is 6.17. The molecule has 4 rings (SSSR count). The van der Waals surface area contributed by atoms with E-state index in [1.165, 1.54) is 0 Å². The molecule has 0 unspecified atom stereocenters. The molecular weight excluding hydrogens is 314 g/mol. The molecule has 0 saturated carbocycles. The van der Waals surface area contributed by atoms with Gasteiger partial charge in [-0.05, 0) is 43.2 Å². The second kappa shape index (κ2) is 6.59. The first-order valence-electron chi connectivity index (χ1n) is 8.50. The Hall–Kier alpha value is -2.82. The Balaban J connectivity index is 1.81. The maximum absolute atomic E-state index is 5.61.